The van der Waals surface area contributed by atoms with Crippen LogP contribution in [-0.2, 0) is 10.3 Å². The molecule has 0 bridgehead atoms. The van der Waals surface area contributed by atoms with E-state index >= 15 is 0 Å². The summed E-state index contributed by atoms with van der Waals surface area (Å²) < 4.78 is 0. The largest absolute Gasteiger partial charge is 0.394 e. The lowest BCUT2D eigenvalue weighted by molar-refractivity contribution is -0.123. The first-order valence-corrected chi connectivity index (χ1v) is 12.6. The summed E-state index contributed by atoms with van der Waals surface area (Å²) in [4.78, 5) is 13.5. The minimum Gasteiger partial charge on any atom is -0.394 e. The molecule has 6 nitrogen and oxygen atoms in total. The summed E-state index contributed by atoms with van der Waals surface area (Å²) in [6.45, 7) is 4.17. The van der Waals surface area contributed by atoms with Crippen LogP contribution in [0.25, 0.3) is 0 Å². The van der Waals surface area contributed by atoms with Crippen LogP contribution in [0, 0.1) is 5.92 Å². The number of carbonyl (C=O) groups is 1. The molecule has 0 saturated carbocycles. The first-order chi connectivity index (χ1) is 16.3. The molecule has 1 amide bonds. The Morgan fingerprint density at radius 3 is 2.41 bits per heavy atom. The van der Waals surface area contributed by atoms with Gasteiger partial charge in [-0.05, 0) is 47.7 Å². The monoisotopic (exact) mass is 507 g/mol. The molecule has 186 valence electrons. The predicted molar refractivity (Wildman–Crippen MR) is 137 cm³/mol. The third-order valence-corrected chi connectivity index (χ3v) is 7.55. The van der Waals surface area contributed by atoms with Crippen molar-refractivity contribution in [1.29, 1.82) is 0 Å². The Labute approximate surface area is 211 Å². The van der Waals surface area contributed by atoms with Crippen LogP contribution in [-0.4, -0.2) is 47.5 Å². The number of hydrogen-bond acceptors (Lipinski definition) is 5. The lowest BCUT2D eigenvalue weighted by Gasteiger charge is -2.40. The Balaban J connectivity index is 2.09. The van der Waals surface area contributed by atoms with Crippen LogP contribution < -0.4 is 16.4 Å². The molecule has 5 atom stereocenters. The highest BCUT2D eigenvalue weighted by Gasteiger charge is 2.57. The second-order valence-corrected chi connectivity index (χ2v) is 9.96. The molecule has 1 heterocycles. The van der Waals surface area contributed by atoms with Crippen molar-refractivity contribution >= 4 is 29.1 Å². The van der Waals surface area contributed by atoms with Gasteiger partial charge in [0.05, 0.1) is 24.3 Å². The van der Waals surface area contributed by atoms with Crippen molar-refractivity contribution in [3.8, 4) is 0 Å². The van der Waals surface area contributed by atoms with E-state index in [0.717, 1.165) is 24.0 Å². The molecule has 0 unspecified atom stereocenters. The van der Waals surface area contributed by atoms with Crippen LogP contribution in [0.5, 0.6) is 0 Å². The van der Waals surface area contributed by atoms with Gasteiger partial charge in [-0.3, -0.25) is 10.1 Å². The molecule has 34 heavy (non-hydrogen) atoms. The van der Waals surface area contributed by atoms with Gasteiger partial charge in [0.25, 0.3) is 0 Å². The number of halogens is 2. The SMILES string of the molecule is CCC(CC)[C@H]1N[C@@H](C(=O)NCC[C@H](O)CO)[C@H](c2cccc(Cl)c2)[C@@]1(N)c1ccc(Cl)cc1. The van der Waals surface area contributed by atoms with Crippen LogP contribution in [0.1, 0.15) is 50.2 Å². The summed E-state index contributed by atoms with van der Waals surface area (Å²) >= 11 is 12.6. The average Bonchev–Trinajstić information content (AvgIpc) is 3.14. The zero-order valence-corrected chi connectivity index (χ0v) is 21.2. The number of carbonyl (C=O) groups excluding carboxylic acids is 1. The third-order valence-electron chi connectivity index (χ3n) is 7.06. The molecule has 1 fully saturated rings. The summed E-state index contributed by atoms with van der Waals surface area (Å²) in [6.07, 6.45) is 1.19. The van der Waals surface area contributed by atoms with Crippen LogP contribution in [0.4, 0.5) is 0 Å². The fourth-order valence-electron chi connectivity index (χ4n) is 5.24. The number of aliphatic hydroxyl groups excluding tert-OH is 2. The van der Waals surface area contributed by atoms with Gasteiger partial charge in [0.2, 0.25) is 5.91 Å². The Hall–Kier alpha value is -1.67. The molecule has 2 aromatic rings. The van der Waals surface area contributed by atoms with Crippen molar-refractivity contribution in [3.63, 3.8) is 0 Å². The normalized spacial score (nSPS) is 25.5. The highest BCUT2D eigenvalue weighted by Crippen LogP contribution is 2.48. The van der Waals surface area contributed by atoms with Crippen LogP contribution >= 0.6 is 23.2 Å². The number of nitrogens with one attached hydrogen (secondary N) is 2. The minimum absolute atomic E-state index is 0.175. The zero-order chi connectivity index (χ0) is 24.9. The van der Waals surface area contributed by atoms with Crippen molar-refractivity contribution in [2.24, 2.45) is 11.7 Å². The van der Waals surface area contributed by atoms with Gasteiger partial charge in [-0.15, -0.1) is 0 Å². The lowest BCUT2D eigenvalue weighted by Crippen LogP contribution is -2.53. The number of nitrogens with two attached hydrogens (primary N) is 1. The maximum Gasteiger partial charge on any atom is 0.237 e. The second kappa shape index (κ2) is 11.8. The van der Waals surface area contributed by atoms with Crippen molar-refractivity contribution < 1.29 is 15.0 Å². The van der Waals surface area contributed by atoms with Crippen molar-refractivity contribution in [3.05, 3.63) is 69.7 Å². The lowest BCUT2D eigenvalue weighted by atomic mass is 9.68. The summed E-state index contributed by atoms with van der Waals surface area (Å²) in [6, 6.07) is 14.3. The Bertz CT molecular complexity index is 955. The summed E-state index contributed by atoms with van der Waals surface area (Å²) in [5.74, 6) is -0.371. The van der Waals surface area contributed by atoms with Crippen LogP contribution in [0.3, 0.4) is 0 Å². The van der Waals surface area contributed by atoms with Crippen LogP contribution in [0.15, 0.2) is 48.5 Å². The van der Waals surface area contributed by atoms with Gasteiger partial charge in [-0.1, -0.05) is 74.2 Å². The molecule has 0 radical (unpaired) electrons. The van der Waals surface area contributed by atoms with E-state index in [1.165, 1.54) is 0 Å². The fraction of sp³-hybridized carbons (Fsp3) is 0.500. The standard InChI is InChI=1S/C26H35Cl2N3O3/c1-3-16(4-2)24-26(29,18-8-10-19(27)11-9-18)22(17-6-5-7-20(28)14-17)23(31-24)25(34)30-13-12-21(33)15-32/h5-11,14,16,21-24,31-33H,3-4,12-13,15,29H2,1-2H3,(H,30,34)/t21-,22-,23+,24+,26-/m0/s1. The van der Waals surface area contributed by atoms with Gasteiger partial charge in [-0.25, -0.2) is 0 Å². The molecule has 1 aliphatic heterocycles. The summed E-state index contributed by atoms with van der Waals surface area (Å²) in [5, 5.41) is 26.4. The van der Waals surface area contributed by atoms with E-state index in [1.807, 2.05) is 42.5 Å². The van der Waals surface area contributed by atoms with Gasteiger partial charge in [-0.2, -0.15) is 0 Å². The van der Waals surface area contributed by atoms with E-state index in [1.54, 1.807) is 6.07 Å². The number of hydrogen-bond donors (Lipinski definition) is 5. The predicted octanol–water partition coefficient (Wildman–Crippen LogP) is 3.57. The molecule has 3 rings (SSSR count). The highest BCUT2D eigenvalue weighted by atomic mass is 35.5. The summed E-state index contributed by atoms with van der Waals surface area (Å²) in [5.41, 5.74) is 8.25. The van der Waals surface area contributed by atoms with E-state index < -0.39 is 23.6 Å². The maximum atomic E-state index is 13.5. The average molecular weight is 508 g/mol. The van der Waals surface area contributed by atoms with Gasteiger partial charge in [0.15, 0.2) is 0 Å². The fourth-order valence-corrected chi connectivity index (χ4v) is 5.56. The molecule has 0 aromatic heterocycles. The topological polar surface area (TPSA) is 108 Å². The molecule has 8 heteroatoms. The van der Waals surface area contributed by atoms with Crippen LogP contribution in [0.2, 0.25) is 10.0 Å². The van der Waals surface area contributed by atoms with Gasteiger partial charge in [0.1, 0.15) is 0 Å². The van der Waals surface area contributed by atoms with E-state index in [4.69, 9.17) is 34.0 Å². The molecule has 0 aliphatic carbocycles. The molecule has 6 N–H and O–H groups in total. The maximum absolute atomic E-state index is 13.5. The number of benzene rings is 2. The zero-order valence-electron chi connectivity index (χ0n) is 19.7. The quantitative estimate of drug-likeness (QED) is 0.337. The smallest absolute Gasteiger partial charge is 0.237 e. The van der Waals surface area contributed by atoms with E-state index in [9.17, 15) is 9.90 Å². The third kappa shape index (κ3) is 5.59. The highest BCUT2D eigenvalue weighted by molar-refractivity contribution is 6.30. The minimum atomic E-state index is -0.904. The van der Waals surface area contributed by atoms with Gasteiger partial charge >= 0.3 is 0 Å². The molecular weight excluding hydrogens is 473 g/mol. The molecular formula is C26H35Cl2N3O3. The Kier molecular flexibility index (Phi) is 9.38. The number of aliphatic hydroxyl groups is 2. The second-order valence-electron chi connectivity index (χ2n) is 9.09. The molecule has 2 aromatic carbocycles. The van der Waals surface area contributed by atoms with Gasteiger partial charge in [0, 0.05) is 28.5 Å². The number of rotatable bonds is 10. The number of amides is 1. The Morgan fingerprint density at radius 2 is 1.82 bits per heavy atom. The first-order valence-electron chi connectivity index (χ1n) is 11.9. The van der Waals surface area contributed by atoms with E-state index in [-0.39, 0.29) is 37.4 Å². The summed E-state index contributed by atoms with van der Waals surface area (Å²) in [7, 11) is 0. The van der Waals surface area contributed by atoms with E-state index in [2.05, 4.69) is 24.5 Å². The molecule has 0 spiro atoms. The van der Waals surface area contributed by atoms with E-state index in [0.29, 0.717) is 10.0 Å². The van der Waals surface area contributed by atoms with Crippen molar-refractivity contribution in [2.45, 2.75) is 62.8 Å². The van der Waals surface area contributed by atoms with Crippen molar-refractivity contribution in [1.82, 2.24) is 10.6 Å². The molecule has 1 aliphatic rings. The first kappa shape index (κ1) is 26.9. The van der Waals surface area contributed by atoms with Crippen molar-refractivity contribution in [2.75, 3.05) is 13.2 Å². The Morgan fingerprint density at radius 1 is 1.15 bits per heavy atom. The molecule has 1 saturated heterocycles. The van der Waals surface area contributed by atoms with Gasteiger partial charge < -0.3 is 21.3 Å².